The van der Waals surface area contributed by atoms with Crippen LogP contribution in [0.4, 0.5) is 0 Å². The number of likely N-dealkylation sites (tertiary alicyclic amines) is 1. The van der Waals surface area contributed by atoms with Crippen LogP contribution in [-0.2, 0) is 11.2 Å². The van der Waals surface area contributed by atoms with Crippen molar-refractivity contribution in [3.05, 3.63) is 39.3 Å². The first-order valence-corrected chi connectivity index (χ1v) is 7.78. The van der Waals surface area contributed by atoms with Crippen LogP contribution in [0.1, 0.15) is 33.4 Å². The summed E-state index contributed by atoms with van der Waals surface area (Å²) in [4.78, 5) is 16.7. The highest BCUT2D eigenvalue weighted by molar-refractivity contribution is 7.12. The summed E-state index contributed by atoms with van der Waals surface area (Å²) in [5.41, 5.74) is 2.38. The van der Waals surface area contributed by atoms with Gasteiger partial charge < -0.3 is 4.90 Å². The van der Waals surface area contributed by atoms with Crippen LogP contribution in [0.2, 0.25) is 0 Å². The number of H-pyrrole nitrogens is 1. The first kappa shape index (κ1) is 13.4. The lowest BCUT2D eigenvalue weighted by molar-refractivity contribution is -0.129. The largest absolute Gasteiger partial charge is 0.342 e. The van der Waals surface area contributed by atoms with Gasteiger partial charge in [0.05, 0.1) is 12.6 Å². The Hall–Kier alpha value is -1.62. The van der Waals surface area contributed by atoms with Crippen LogP contribution in [0.25, 0.3) is 0 Å². The number of nitrogens with zero attached hydrogens (tertiary/aromatic N) is 2. The van der Waals surface area contributed by atoms with E-state index in [1.807, 2.05) is 11.1 Å². The van der Waals surface area contributed by atoms with Gasteiger partial charge in [0.2, 0.25) is 5.91 Å². The molecular weight excluding hydrogens is 270 g/mol. The van der Waals surface area contributed by atoms with Gasteiger partial charge in [-0.25, -0.2) is 0 Å². The molecule has 0 spiro atoms. The topological polar surface area (TPSA) is 49.0 Å². The summed E-state index contributed by atoms with van der Waals surface area (Å²) in [5, 5.41) is 7.15. The van der Waals surface area contributed by atoms with E-state index in [1.54, 1.807) is 11.3 Å². The van der Waals surface area contributed by atoms with E-state index in [-0.39, 0.29) is 5.91 Å². The standard InChI is InChI=1S/C15H19N3OS/c1-10-8-16-17-15(10)12-5-6-18(9-12)14(19)7-13-4-3-11(2)20-13/h3-4,8,12H,5-7,9H2,1-2H3,(H,16,17)/t12-/m1/s1. The minimum absolute atomic E-state index is 0.242. The molecule has 0 unspecified atom stereocenters. The molecule has 0 aromatic carbocycles. The van der Waals surface area contributed by atoms with E-state index >= 15 is 0 Å². The van der Waals surface area contributed by atoms with Crippen molar-refractivity contribution in [1.29, 1.82) is 0 Å². The first-order valence-electron chi connectivity index (χ1n) is 6.96. The van der Waals surface area contributed by atoms with E-state index in [0.29, 0.717) is 12.3 Å². The Bertz CT molecular complexity index is 616. The Labute approximate surface area is 122 Å². The highest BCUT2D eigenvalue weighted by Crippen LogP contribution is 2.28. The molecule has 1 N–H and O–H groups in total. The zero-order valence-corrected chi connectivity index (χ0v) is 12.7. The van der Waals surface area contributed by atoms with Crippen LogP contribution in [0.5, 0.6) is 0 Å². The molecule has 20 heavy (non-hydrogen) atoms. The van der Waals surface area contributed by atoms with Gasteiger partial charge in [0.15, 0.2) is 0 Å². The van der Waals surface area contributed by atoms with Gasteiger partial charge in [-0.2, -0.15) is 5.10 Å². The molecule has 1 fully saturated rings. The van der Waals surface area contributed by atoms with E-state index in [9.17, 15) is 4.79 Å². The van der Waals surface area contributed by atoms with Crippen LogP contribution in [0.15, 0.2) is 18.3 Å². The lowest BCUT2D eigenvalue weighted by atomic mass is 10.0. The van der Waals surface area contributed by atoms with Crippen molar-refractivity contribution in [2.75, 3.05) is 13.1 Å². The molecule has 1 saturated heterocycles. The van der Waals surface area contributed by atoms with E-state index in [1.165, 1.54) is 16.1 Å². The summed E-state index contributed by atoms with van der Waals surface area (Å²) < 4.78 is 0. The SMILES string of the molecule is Cc1ccc(CC(=O)N2CC[C@@H](c3[nH]ncc3C)C2)s1. The summed E-state index contributed by atoms with van der Waals surface area (Å²) in [7, 11) is 0. The van der Waals surface area contributed by atoms with Gasteiger partial charge in [-0.3, -0.25) is 9.89 Å². The van der Waals surface area contributed by atoms with Crippen molar-refractivity contribution < 1.29 is 4.79 Å². The molecule has 2 aromatic heterocycles. The molecule has 0 saturated carbocycles. The van der Waals surface area contributed by atoms with Gasteiger partial charge in [-0.1, -0.05) is 0 Å². The third kappa shape index (κ3) is 2.63. The third-order valence-electron chi connectivity index (χ3n) is 3.94. The maximum absolute atomic E-state index is 12.3. The van der Waals surface area contributed by atoms with E-state index in [0.717, 1.165) is 24.4 Å². The third-order valence-corrected chi connectivity index (χ3v) is 4.94. The van der Waals surface area contributed by atoms with Crippen molar-refractivity contribution in [2.24, 2.45) is 0 Å². The molecule has 1 amide bonds. The number of rotatable bonds is 3. The number of aromatic nitrogens is 2. The molecule has 0 aliphatic carbocycles. The molecule has 4 nitrogen and oxygen atoms in total. The molecule has 1 aliphatic rings. The fourth-order valence-electron chi connectivity index (χ4n) is 2.83. The molecule has 2 aromatic rings. The van der Waals surface area contributed by atoms with Gasteiger partial charge in [-0.05, 0) is 38.0 Å². The van der Waals surface area contributed by atoms with Crippen molar-refractivity contribution in [3.63, 3.8) is 0 Å². The second-order valence-electron chi connectivity index (χ2n) is 5.48. The van der Waals surface area contributed by atoms with Crippen molar-refractivity contribution in [3.8, 4) is 0 Å². The van der Waals surface area contributed by atoms with Gasteiger partial charge in [0.1, 0.15) is 0 Å². The van der Waals surface area contributed by atoms with Crippen LogP contribution >= 0.6 is 11.3 Å². The highest BCUT2D eigenvalue weighted by atomic mass is 32.1. The Morgan fingerprint density at radius 1 is 1.50 bits per heavy atom. The fourth-order valence-corrected chi connectivity index (χ4v) is 3.71. The molecular formula is C15H19N3OS. The van der Waals surface area contributed by atoms with Crippen LogP contribution < -0.4 is 0 Å². The molecule has 106 valence electrons. The molecule has 3 heterocycles. The number of carbonyl (C=O) groups excluding carboxylic acids is 1. The van der Waals surface area contributed by atoms with E-state index in [4.69, 9.17) is 0 Å². The smallest absolute Gasteiger partial charge is 0.227 e. The summed E-state index contributed by atoms with van der Waals surface area (Å²) in [6.45, 7) is 5.81. The molecule has 0 bridgehead atoms. The Morgan fingerprint density at radius 2 is 2.35 bits per heavy atom. The molecule has 3 rings (SSSR count). The van der Waals surface area contributed by atoms with Crippen molar-refractivity contribution in [1.82, 2.24) is 15.1 Å². The average molecular weight is 289 g/mol. The second-order valence-corrected chi connectivity index (χ2v) is 6.85. The second kappa shape index (κ2) is 5.40. The van der Waals surface area contributed by atoms with Crippen LogP contribution in [-0.4, -0.2) is 34.1 Å². The van der Waals surface area contributed by atoms with Gasteiger partial charge in [0.25, 0.3) is 0 Å². The summed E-state index contributed by atoms with van der Waals surface area (Å²) in [6, 6.07) is 4.14. The minimum Gasteiger partial charge on any atom is -0.342 e. The number of aromatic amines is 1. The Balaban J connectivity index is 1.62. The molecule has 5 heteroatoms. The number of nitrogens with one attached hydrogen (secondary N) is 1. The normalized spacial score (nSPS) is 18.7. The van der Waals surface area contributed by atoms with Gasteiger partial charge in [-0.15, -0.1) is 11.3 Å². The summed E-state index contributed by atoms with van der Waals surface area (Å²) in [6.07, 6.45) is 3.42. The number of carbonyl (C=O) groups is 1. The number of aryl methyl sites for hydroxylation is 2. The Kier molecular flexibility index (Phi) is 3.61. The highest BCUT2D eigenvalue weighted by Gasteiger charge is 2.29. The zero-order chi connectivity index (χ0) is 14.1. The van der Waals surface area contributed by atoms with Crippen LogP contribution in [0, 0.1) is 13.8 Å². The van der Waals surface area contributed by atoms with E-state index < -0.39 is 0 Å². The molecule has 0 radical (unpaired) electrons. The molecule has 1 aliphatic heterocycles. The lowest BCUT2D eigenvalue weighted by Crippen LogP contribution is -2.29. The zero-order valence-electron chi connectivity index (χ0n) is 11.8. The maximum Gasteiger partial charge on any atom is 0.227 e. The number of thiophene rings is 1. The minimum atomic E-state index is 0.242. The predicted octanol–water partition coefficient (Wildman–Crippen LogP) is 2.65. The maximum atomic E-state index is 12.3. The summed E-state index contributed by atoms with van der Waals surface area (Å²) in [5.74, 6) is 0.651. The number of amides is 1. The number of hydrogen-bond donors (Lipinski definition) is 1. The fraction of sp³-hybridized carbons (Fsp3) is 0.467. The van der Waals surface area contributed by atoms with Crippen molar-refractivity contribution >= 4 is 17.2 Å². The number of hydrogen-bond acceptors (Lipinski definition) is 3. The quantitative estimate of drug-likeness (QED) is 0.944. The predicted molar refractivity (Wildman–Crippen MR) is 80.0 cm³/mol. The van der Waals surface area contributed by atoms with Crippen molar-refractivity contribution in [2.45, 2.75) is 32.6 Å². The average Bonchev–Trinajstić information content (AvgIpc) is 3.10. The monoisotopic (exact) mass is 289 g/mol. The van der Waals surface area contributed by atoms with E-state index in [2.05, 4.69) is 36.2 Å². The lowest BCUT2D eigenvalue weighted by Gasteiger charge is -2.16. The van der Waals surface area contributed by atoms with Gasteiger partial charge in [0, 0.05) is 34.5 Å². The van der Waals surface area contributed by atoms with Gasteiger partial charge >= 0.3 is 0 Å². The summed E-state index contributed by atoms with van der Waals surface area (Å²) >= 11 is 1.71. The molecule has 1 atom stereocenters. The Morgan fingerprint density at radius 3 is 3.00 bits per heavy atom. The first-order chi connectivity index (χ1) is 9.63. The van der Waals surface area contributed by atoms with Crippen LogP contribution in [0.3, 0.4) is 0 Å².